The molecule has 0 aliphatic rings. The number of pyridine rings is 1. The molecule has 0 bridgehead atoms. The Hall–Kier alpha value is -1.67. The van der Waals surface area contributed by atoms with Crippen LogP contribution in [-0.4, -0.2) is 16.7 Å². The first-order chi connectivity index (χ1) is 7.31. The van der Waals surface area contributed by atoms with Crippen LogP contribution in [0.2, 0.25) is 0 Å². The van der Waals surface area contributed by atoms with Gasteiger partial charge < -0.3 is 5.11 Å². The second-order valence-corrected chi connectivity index (χ2v) is 3.60. The molecule has 1 N–H and O–H groups in total. The molecule has 2 rings (SSSR count). The van der Waals surface area contributed by atoms with Crippen molar-refractivity contribution in [1.82, 2.24) is 4.98 Å². The van der Waals surface area contributed by atoms with Crippen LogP contribution in [0.4, 0.5) is 0 Å². The first-order valence-electron chi connectivity index (χ1n) is 4.92. The van der Waals surface area contributed by atoms with E-state index in [1.54, 1.807) is 0 Å². The fraction of sp³-hybridized carbons (Fsp3) is 0.154. The summed E-state index contributed by atoms with van der Waals surface area (Å²) in [5.74, 6) is 0. The average molecular weight is 199 g/mol. The second-order valence-electron chi connectivity index (χ2n) is 3.60. The zero-order chi connectivity index (χ0) is 10.7. The van der Waals surface area contributed by atoms with Crippen molar-refractivity contribution in [2.45, 2.75) is 6.92 Å². The van der Waals surface area contributed by atoms with Crippen LogP contribution in [0, 0.1) is 0 Å². The summed E-state index contributed by atoms with van der Waals surface area (Å²) >= 11 is 0. The normalized spacial score (nSPS) is 12.0. The number of aliphatic hydroxyl groups excluding tert-OH is 1. The SMILES string of the molecule is C/C(=C/c1cncc2ccccc12)CO. The third kappa shape index (κ3) is 2.05. The van der Waals surface area contributed by atoms with E-state index in [9.17, 15) is 0 Å². The van der Waals surface area contributed by atoms with Gasteiger partial charge in [-0.25, -0.2) is 0 Å². The van der Waals surface area contributed by atoms with Gasteiger partial charge in [0.15, 0.2) is 0 Å². The van der Waals surface area contributed by atoms with Gasteiger partial charge in [0.2, 0.25) is 0 Å². The van der Waals surface area contributed by atoms with E-state index in [-0.39, 0.29) is 6.61 Å². The van der Waals surface area contributed by atoms with Crippen LogP contribution >= 0.6 is 0 Å². The molecular formula is C13H13NO. The monoisotopic (exact) mass is 199 g/mol. The van der Waals surface area contributed by atoms with Crippen molar-refractivity contribution in [1.29, 1.82) is 0 Å². The van der Waals surface area contributed by atoms with Crippen LogP contribution in [0.1, 0.15) is 12.5 Å². The summed E-state index contributed by atoms with van der Waals surface area (Å²) in [5.41, 5.74) is 1.99. The van der Waals surface area contributed by atoms with Crippen molar-refractivity contribution in [2.75, 3.05) is 6.61 Å². The second kappa shape index (κ2) is 4.24. The molecule has 2 heteroatoms. The van der Waals surface area contributed by atoms with E-state index in [4.69, 9.17) is 5.11 Å². The molecule has 1 heterocycles. The van der Waals surface area contributed by atoms with Gasteiger partial charge in [-0.15, -0.1) is 0 Å². The van der Waals surface area contributed by atoms with E-state index in [2.05, 4.69) is 11.1 Å². The van der Waals surface area contributed by atoms with Gasteiger partial charge in [0.25, 0.3) is 0 Å². The zero-order valence-corrected chi connectivity index (χ0v) is 8.64. The predicted octanol–water partition coefficient (Wildman–Crippen LogP) is 2.63. The Kier molecular flexibility index (Phi) is 2.79. The van der Waals surface area contributed by atoms with E-state index in [0.717, 1.165) is 16.5 Å². The Morgan fingerprint density at radius 1 is 1.33 bits per heavy atom. The molecule has 2 aromatic rings. The van der Waals surface area contributed by atoms with Gasteiger partial charge in [-0.2, -0.15) is 0 Å². The molecule has 15 heavy (non-hydrogen) atoms. The van der Waals surface area contributed by atoms with Gasteiger partial charge in [-0.3, -0.25) is 4.98 Å². The number of rotatable bonds is 2. The van der Waals surface area contributed by atoms with Gasteiger partial charge in [0.1, 0.15) is 0 Å². The third-order valence-electron chi connectivity index (χ3n) is 2.35. The summed E-state index contributed by atoms with van der Waals surface area (Å²) in [4.78, 5) is 4.17. The highest BCUT2D eigenvalue weighted by atomic mass is 16.3. The minimum Gasteiger partial charge on any atom is -0.392 e. The number of hydrogen-bond acceptors (Lipinski definition) is 2. The van der Waals surface area contributed by atoms with Crippen molar-refractivity contribution in [3.05, 3.63) is 47.8 Å². The molecular weight excluding hydrogens is 186 g/mol. The summed E-state index contributed by atoms with van der Waals surface area (Å²) in [6.07, 6.45) is 5.64. The number of fused-ring (bicyclic) bond motifs is 1. The number of aromatic nitrogens is 1. The molecule has 76 valence electrons. The fourth-order valence-electron chi connectivity index (χ4n) is 1.57. The molecule has 0 fully saturated rings. The summed E-state index contributed by atoms with van der Waals surface area (Å²) in [6, 6.07) is 8.10. The van der Waals surface area contributed by atoms with Gasteiger partial charge in [0, 0.05) is 23.3 Å². The molecule has 1 aromatic heterocycles. The first kappa shape index (κ1) is 9.87. The van der Waals surface area contributed by atoms with Crippen LogP contribution in [0.25, 0.3) is 16.8 Å². The lowest BCUT2D eigenvalue weighted by Gasteiger charge is -2.02. The molecule has 0 aliphatic heterocycles. The van der Waals surface area contributed by atoms with E-state index in [1.165, 1.54) is 5.39 Å². The minimum atomic E-state index is 0.0865. The summed E-state index contributed by atoms with van der Waals surface area (Å²) in [7, 11) is 0. The number of aliphatic hydroxyl groups is 1. The van der Waals surface area contributed by atoms with Crippen molar-refractivity contribution in [3.63, 3.8) is 0 Å². The highest BCUT2D eigenvalue weighted by Crippen LogP contribution is 2.19. The average Bonchev–Trinajstić information content (AvgIpc) is 2.29. The molecule has 1 aromatic carbocycles. The van der Waals surface area contributed by atoms with Crippen molar-refractivity contribution >= 4 is 16.8 Å². The molecule has 0 saturated carbocycles. The lowest BCUT2D eigenvalue weighted by Crippen LogP contribution is -1.86. The summed E-state index contributed by atoms with van der Waals surface area (Å²) in [5, 5.41) is 11.3. The minimum absolute atomic E-state index is 0.0865. The Balaban J connectivity index is 2.61. The van der Waals surface area contributed by atoms with Gasteiger partial charge in [0.05, 0.1) is 6.61 Å². The van der Waals surface area contributed by atoms with E-state index >= 15 is 0 Å². The van der Waals surface area contributed by atoms with Crippen LogP contribution in [-0.2, 0) is 0 Å². The maximum absolute atomic E-state index is 8.98. The predicted molar refractivity (Wildman–Crippen MR) is 62.5 cm³/mol. The molecule has 0 amide bonds. The van der Waals surface area contributed by atoms with Crippen molar-refractivity contribution in [3.8, 4) is 0 Å². The molecule has 0 saturated heterocycles. The highest BCUT2D eigenvalue weighted by Gasteiger charge is 1.98. The Labute approximate surface area is 88.9 Å². The van der Waals surface area contributed by atoms with Crippen LogP contribution < -0.4 is 0 Å². The molecule has 0 aliphatic carbocycles. The van der Waals surface area contributed by atoms with Crippen molar-refractivity contribution < 1.29 is 5.11 Å². The molecule has 0 radical (unpaired) electrons. The van der Waals surface area contributed by atoms with Crippen LogP contribution in [0.3, 0.4) is 0 Å². The molecule has 0 atom stereocenters. The maximum atomic E-state index is 8.98. The lowest BCUT2D eigenvalue weighted by atomic mass is 10.1. The Bertz CT molecular complexity index is 497. The smallest absolute Gasteiger partial charge is 0.0642 e. The molecule has 0 unspecified atom stereocenters. The summed E-state index contributed by atoms with van der Waals surface area (Å²) < 4.78 is 0. The standard InChI is InChI=1S/C13H13NO/c1-10(9-15)6-12-8-14-7-11-4-2-3-5-13(11)12/h2-8,15H,9H2,1H3/b10-6-. The number of benzene rings is 1. The van der Waals surface area contributed by atoms with Gasteiger partial charge in [-0.05, 0) is 17.9 Å². The largest absolute Gasteiger partial charge is 0.392 e. The Morgan fingerprint density at radius 2 is 2.13 bits per heavy atom. The van der Waals surface area contributed by atoms with Gasteiger partial charge >= 0.3 is 0 Å². The van der Waals surface area contributed by atoms with E-state index < -0.39 is 0 Å². The quantitative estimate of drug-likeness (QED) is 0.806. The topological polar surface area (TPSA) is 33.1 Å². The zero-order valence-electron chi connectivity index (χ0n) is 8.64. The number of hydrogen-bond donors (Lipinski definition) is 1. The maximum Gasteiger partial charge on any atom is 0.0642 e. The molecule has 2 nitrogen and oxygen atoms in total. The number of nitrogens with zero attached hydrogens (tertiary/aromatic N) is 1. The lowest BCUT2D eigenvalue weighted by molar-refractivity contribution is 0.332. The van der Waals surface area contributed by atoms with Crippen LogP contribution in [0.15, 0.2) is 42.2 Å². The highest BCUT2D eigenvalue weighted by molar-refractivity contribution is 5.89. The third-order valence-corrected chi connectivity index (χ3v) is 2.35. The van der Waals surface area contributed by atoms with Crippen molar-refractivity contribution in [2.24, 2.45) is 0 Å². The summed E-state index contributed by atoms with van der Waals surface area (Å²) in [6.45, 7) is 1.99. The van der Waals surface area contributed by atoms with Gasteiger partial charge in [-0.1, -0.05) is 30.3 Å². The van der Waals surface area contributed by atoms with Crippen LogP contribution in [0.5, 0.6) is 0 Å². The first-order valence-corrected chi connectivity index (χ1v) is 4.92. The van der Waals surface area contributed by atoms with E-state index in [0.29, 0.717) is 0 Å². The fourth-order valence-corrected chi connectivity index (χ4v) is 1.57. The molecule has 0 spiro atoms. The van der Waals surface area contributed by atoms with E-state index in [1.807, 2.05) is 43.6 Å². The Morgan fingerprint density at radius 3 is 2.93 bits per heavy atom.